The van der Waals surface area contributed by atoms with Crippen molar-refractivity contribution in [3.63, 3.8) is 0 Å². The van der Waals surface area contributed by atoms with Gasteiger partial charge in [0.2, 0.25) is 0 Å². The highest BCUT2D eigenvalue weighted by Crippen LogP contribution is 2.36. The third-order valence-corrected chi connectivity index (χ3v) is 3.17. The van der Waals surface area contributed by atoms with E-state index in [0.29, 0.717) is 6.61 Å². The molecular weight excluding hydrogens is 269 g/mol. The summed E-state index contributed by atoms with van der Waals surface area (Å²) >= 11 is 5.98. The average molecular weight is 281 g/mol. The molecule has 0 radical (unpaired) electrons. The maximum absolute atomic E-state index is 12.0. The quantitative estimate of drug-likeness (QED) is 0.811. The van der Waals surface area contributed by atoms with Gasteiger partial charge in [-0.2, -0.15) is 0 Å². The smallest absolute Gasteiger partial charge is 0.406 e. The van der Waals surface area contributed by atoms with E-state index in [1.807, 2.05) is 6.92 Å². The molecule has 2 unspecified atom stereocenters. The van der Waals surface area contributed by atoms with E-state index in [-0.39, 0.29) is 22.8 Å². The molecule has 0 bridgehead atoms. The van der Waals surface area contributed by atoms with Gasteiger partial charge in [-0.05, 0) is 31.0 Å². The fourth-order valence-electron chi connectivity index (χ4n) is 2.07. The van der Waals surface area contributed by atoms with Crippen LogP contribution in [0.2, 0.25) is 5.02 Å². The molecule has 2 rings (SSSR count). The fourth-order valence-corrected chi connectivity index (χ4v) is 2.39. The third-order valence-electron chi connectivity index (χ3n) is 2.84. The van der Waals surface area contributed by atoms with Crippen molar-refractivity contribution in [2.24, 2.45) is 0 Å². The van der Waals surface area contributed by atoms with Crippen LogP contribution >= 0.6 is 11.6 Å². The molecule has 0 aromatic heterocycles. The van der Waals surface area contributed by atoms with E-state index in [1.54, 1.807) is 6.07 Å². The van der Waals surface area contributed by atoms with E-state index >= 15 is 0 Å². The van der Waals surface area contributed by atoms with Crippen molar-refractivity contribution in [2.75, 3.05) is 6.61 Å². The zero-order valence-electron chi connectivity index (χ0n) is 9.63. The maximum Gasteiger partial charge on any atom is 0.573 e. The molecule has 1 aliphatic heterocycles. The number of halogens is 4. The maximum atomic E-state index is 12.0. The predicted molar refractivity (Wildman–Crippen MR) is 60.9 cm³/mol. The molecule has 6 heteroatoms. The van der Waals surface area contributed by atoms with Crippen molar-refractivity contribution in [1.82, 2.24) is 0 Å². The first-order chi connectivity index (χ1) is 8.35. The van der Waals surface area contributed by atoms with Crippen LogP contribution in [0.4, 0.5) is 13.2 Å². The molecule has 1 saturated heterocycles. The van der Waals surface area contributed by atoms with Crippen LogP contribution in [0.25, 0.3) is 0 Å². The SMILES string of the molecule is CC1CC(c2ccc(OC(F)(F)F)cc2Cl)CO1. The molecule has 100 valence electrons. The van der Waals surface area contributed by atoms with Crippen LogP contribution in [-0.2, 0) is 4.74 Å². The minimum Gasteiger partial charge on any atom is -0.406 e. The molecule has 2 atom stereocenters. The summed E-state index contributed by atoms with van der Waals surface area (Å²) in [5.74, 6) is -0.171. The highest BCUT2D eigenvalue weighted by molar-refractivity contribution is 6.31. The highest BCUT2D eigenvalue weighted by Gasteiger charge is 2.32. The average Bonchev–Trinajstić information content (AvgIpc) is 2.62. The molecule has 0 N–H and O–H groups in total. The molecule has 18 heavy (non-hydrogen) atoms. The first-order valence-electron chi connectivity index (χ1n) is 5.52. The summed E-state index contributed by atoms with van der Waals surface area (Å²) in [6.07, 6.45) is -3.73. The van der Waals surface area contributed by atoms with Gasteiger partial charge in [0.1, 0.15) is 5.75 Å². The van der Waals surface area contributed by atoms with Crippen LogP contribution in [0.15, 0.2) is 18.2 Å². The van der Waals surface area contributed by atoms with E-state index in [0.717, 1.165) is 12.0 Å². The van der Waals surface area contributed by atoms with Crippen molar-refractivity contribution in [1.29, 1.82) is 0 Å². The first kappa shape index (κ1) is 13.5. The van der Waals surface area contributed by atoms with Gasteiger partial charge in [0.15, 0.2) is 0 Å². The summed E-state index contributed by atoms with van der Waals surface area (Å²) in [4.78, 5) is 0. The molecular formula is C12H12ClF3O2. The van der Waals surface area contributed by atoms with E-state index in [9.17, 15) is 13.2 Å². The predicted octanol–water partition coefficient (Wildman–Crippen LogP) is 4.13. The van der Waals surface area contributed by atoms with Crippen molar-refractivity contribution >= 4 is 11.6 Å². The Morgan fingerprint density at radius 2 is 2.11 bits per heavy atom. The van der Waals surface area contributed by atoms with Gasteiger partial charge in [-0.1, -0.05) is 17.7 Å². The Morgan fingerprint density at radius 3 is 2.61 bits per heavy atom. The Balaban J connectivity index is 2.15. The molecule has 0 aliphatic carbocycles. The lowest BCUT2D eigenvalue weighted by Gasteiger charge is -2.13. The fraction of sp³-hybridized carbons (Fsp3) is 0.500. The van der Waals surface area contributed by atoms with Gasteiger partial charge in [-0.15, -0.1) is 13.2 Å². The summed E-state index contributed by atoms with van der Waals surface area (Å²) in [6, 6.07) is 4.03. The van der Waals surface area contributed by atoms with Gasteiger partial charge in [-0.25, -0.2) is 0 Å². The van der Waals surface area contributed by atoms with Crippen molar-refractivity contribution in [2.45, 2.75) is 31.7 Å². The summed E-state index contributed by atoms with van der Waals surface area (Å²) < 4.78 is 45.3. The first-order valence-corrected chi connectivity index (χ1v) is 5.90. The third kappa shape index (κ3) is 3.29. The number of ether oxygens (including phenoxy) is 2. The Hall–Kier alpha value is -0.940. The van der Waals surface area contributed by atoms with Crippen molar-refractivity contribution < 1.29 is 22.6 Å². The van der Waals surface area contributed by atoms with Crippen LogP contribution in [0.1, 0.15) is 24.8 Å². The lowest BCUT2D eigenvalue weighted by Crippen LogP contribution is -2.17. The Morgan fingerprint density at radius 1 is 1.39 bits per heavy atom. The molecule has 1 heterocycles. The van der Waals surface area contributed by atoms with Crippen LogP contribution in [0.5, 0.6) is 5.75 Å². The Labute approximate surface area is 108 Å². The standard InChI is InChI=1S/C12H12ClF3O2/c1-7-4-8(6-17-7)10-3-2-9(5-11(10)13)18-12(14,15)16/h2-3,5,7-8H,4,6H2,1H3. The van der Waals surface area contributed by atoms with E-state index < -0.39 is 6.36 Å². The zero-order valence-corrected chi connectivity index (χ0v) is 10.4. The number of alkyl halides is 3. The largest absolute Gasteiger partial charge is 0.573 e. The second-order valence-electron chi connectivity index (χ2n) is 4.31. The summed E-state index contributed by atoms with van der Waals surface area (Å²) in [5.41, 5.74) is 0.801. The topological polar surface area (TPSA) is 18.5 Å². The Kier molecular flexibility index (Phi) is 3.73. The highest BCUT2D eigenvalue weighted by atomic mass is 35.5. The monoisotopic (exact) mass is 280 g/mol. The summed E-state index contributed by atoms with van der Waals surface area (Å²) in [6.45, 7) is 2.50. The van der Waals surface area contributed by atoms with Gasteiger partial charge in [0.05, 0.1) is 12.7 Å². The molecule has 1 aromatic rings. The summed E-state index contributed by atoms with van der Waals surface area (Å²) in [5, 5.41) is 0.277. The van der Waals surface area contributed by atoms with E-state index in [4.69, 9.17) is 16.3 Å². The van der Waals surface area contributed by atoms with Gasteiger partial charge < -0.3 is 9.47 Å². The van der Waals surface area contributed by atoms with Crippen molar-refractivity contribution in [3.8, 4) is 5.75 Å². The van der Waals surface area contributed by atoms with Crippen molar-refractivity contribution in [3.05, 3.63) is 28.8 Å². The van der Waals surface area contributed by atoms with Gasteiger partial charge in [0, 0.05) is 10.9 Å². The van der Waals surface area contributed by atoms with Crippen LogP contribution in [0.3, 0.4) is 0 Å². The minimum absolute atomic E-state index is 0.132. The number of rotatable bonds is 2. The molecule has 1 aromatic carbocycles. The second kappa shape index (κ2) is 4.97. The van der Waals surface area contributed by atoms with Gasteiger partial charge in [-0.3, -0.25) is 0 Å². The molecule has 1 aliphatic rings. The van der Waals surface area contributed by atoms with Gasteiger partial charge in [0.25, 0.3) is 0 Å². The molecule has 2 nitrogen and oxygen atoms in total. The van der Waals surface area contributed by atoms with Crippen LogP contribution in [-0.4, -0.2) is 19.1 Å². The zero-order chi connectivity index (χ0) is 13.3. The molecule has 0 amide bonds. The molecule has 0 spiro atoms. The second-order valence-corrected chi connectivity index (χ2v) is 4.71. The summed E-state index contributed by atoms with van der Waals surface area (Å²) in [7, 11) is 0. The van der Waals surface area contributed by atoms with Crippen LogP contribution in [0, 0.1) is 0 Å². The molecule has 1 fully saturated rings. The van der Waals surface area contributed by atoms with E-state index in [1.165, 1.54) is 12.1 Å². The molecule has 0 saturated carbocycles. The lowest BCUT2D eigenvalue weighted by molar-refractivity contribution is -0.274. The number of hydrogen-bond acceptors (Lipinski definition) is 2. The van der Waals surface area contributed by atoms with Gasteiger partial charge >= 0.3 is 6.36 Å². The Bertz CT molecular complexity index is 434. The van der Waals surface area contributed by atoms with E-state index in [2.05, 4.69) is 4.74 Å². The number of benzene rings is 1. The normalized spacial score (nSPS) is 24.3. The van der Waals surface area contributed by atoms with Crippen LogP contribution < -0.4 is 4.74 Å². The minimum atomic E-state index is -4.70. The number of hydrogen-bond donors (Lipinski definition) is 0. The lowest BCUT2D eigenvalue weighted by atomic mass is 9.96.